The first-order chi connectivity index (χ1) is 5.65. The van der Waals surface area contributed by atoms with Gasteiger partial charge in [-0.2, -0.15) is 9.65 Å². The number of hydrogen-bond acceptors (Lipinski definition) is 2. The second-order valence-electron chi connectivity index (χ2n) is 2.08. The van der Waals surface area contributed by atoms with Crippen molar-refractivity contribution in [1.29, 1.82) is 5.26 Å². The molecule has 1 rings (SSSR count). The highest BCUT2D eigenvalue weighted by molar-refractivity contribution is 6.33. The predicted octanol–water partition coefficient (Wildman–Crippen LogP) is 2.32. The van der Waals surface area contributed by atoms with E-state index in [-0.39, 0.29) is 10.6 Å². The quantitative estimate of drug-likeness (QED) is 0.627. The van der Waals surface area contributed by atoms with Crippen LogP contribution in [0.5, 0.6) is 0 Å². The maximum atomic E-state index is 12.1. The average molecular weight is 184 g/mol. The molecule has 0 aliphatic heterocycles. The first-order valence-electron chi connectivity index (χ1n) is 3.04. The molecule has 12 heavy (non-hydrogen) atoms. The molecule has 0 heterocycles. The number of carbonyl (C=O) groups is 1. The summed E-state index contributed by atoms with van der Waals surface area (Å²) in [5.74, 6) is 0. The fraction of sp³-hybridized carbons (Fsp3) is 0. The van der Waals surface area contributed by atoms with Gasteiger partial charge in [-0.15, -0.1) is 0 Å². The van der Waals surface area contributed by atoms with Gasteiger partial charge in [0.25, 0.3) is 0 Å². The first-order valence-corrected chi connectivity index (χ1v) is 3.42. The summed E-state index contributed by atoms with van der Waals surface area (Å²) < 4.78 is 12.1. The Balaban J connectivity index is 3.23. The molecule has 1 aromatic rings. The molecule has 0 aliphatic carbocycles. The van der Waals surface area contributed by atoms with Crippen LogP contribution in [-0.2, 0) is 0 Å². The number of halogens is 2. The molecule has 0 N–H and O–H groups in total. The Morgan fingerprint density at radius 3 is 2.67 bits per heavy atom. The lowest BCUT2D eigenvalue weighted by molar-refractivity contribution is 0.0836. The van der Waals surface area contributed by atoms with E-state index in [9.17, 15) is 9.18 Å². The molecule has 0 aromatic heterocycles. The highest BCUT2D eigenvalue weighted by atomic mass is 35.5. The standard InChI is InChI=1S/C8H3ClFNO/c9-7-3-5(4-11)1-2-6(7)8(10)12/h1-3H. The Hall–Kier alpha value is -1.40. The lowest BCUT2D eigenvalue weighted by Gasteiger charge is -1.95. The highest BCUT2D eigenvalue weighted by Crippen LogP contribution is 2.18. The van der Waals surface area contributed by atoms with Crippen molar-refractivity contribution in [1.82, 2.24) is 0 Å². The molecule has 60 valence electrons. The summed E-state index contributed by atoms with van der Waals surface area (Å²) in [7, 11) is 0. The number of hydrogen-bond donors (Lipinski definition) is 0. The van der Waals surface area contributed by atoms with Crippen molar-refractivity contribution >= 4 is 17.6 Å². The van der Waals surface area contributed by atoms with Gasteiger partial charge < -0.3 is 0 Å². The summed E-state index contributed by atoms with van der Waals surface area (Å²) in [4.78, 5) is 10.2. The highest BCUT2D eigenvalue weighted by Gasteiger charge is 2.08. The SMILES string of the molecule is N#Cc1ccc(C(=O)F)c(Cl)c1. The summed E-state index contributed by atoms with van der Waals surface area (Å²) in [6.07, 6.45) is 0. The third-order valence-corrected chi connectivity index (χ3v) is 1.62. The van der Waals surface area contributed by atoms with E-state index in [0.29, 0.717) is 5.56 Å². The Morgan fingerprint density at radius 2 is 2.25 bits per heavy atom. The molecular formula is C8H3ClFNO. The van der Waals surface area contributed by atoms with Gasteiger partial charge in [0.05, 0.1) is 22.2 Å². The van der Waals surface area contributed by atoms with Crippen molar-refractivity contribution in [3.05, 3.63) is 34.3 Å². The maximum absolute atomic E-state index is 12.1. The largest absolute Gasteiger partial charge is 0.333 e. The summed E-state index contributed by atoms with van der Waals surface area (Å²) >= 11 is 5.49. The number of benzene rings is 1. The van der Waals surface area contributed by atoms with Crippen LogP contribution in [0.25, 0.3) is 0 Å². The second kappa shape index (κ2) is 3.33. The van der Waals surface area contributed by atoms with Crippen LogP contribution in [0, 0.1) is 11.3 Å². The van der Waals surface area contributed by atoms with Gasteiger partial charge in [0.2, 0.25) is 0 Å². The van der Waals surface area contributed by atoms with Crippen LogP contribution in [0.1, 0.15) is 15.9 Å². The third kappa shape index (κ3) is 1.60. The topological polar surface area (TPSA) is 40.9 Å². The van der Waals surface area contributed by atoms with Gasteiger partial charge in [-0.1, -0.05) is 11.6 Å². The van der Waals surface area contributed by atoms with E-state index in [1.165, 1.54) is 18.2 Å². The average Bonchev–Trinajstić information content (AvgIpc) is 2.03. The smallest absolute Gasteiger partial charge is 0.255 e. The molecule has 0 saturated carbocycles. The molecule has 0 radical (unpaired) electrons. The van der Waals surface area contributed by atoms with Gasteiger partial charge in [-0.05, 0) is 18.2 Å². The van der Waals surface area contributed by atoms with Crippen LogP contribution in [-0.4, -0.2) is 6.04 Å². The predicted molar refractivity (Wildman–Crippen MR) is 41.6 cm³/mol. The zero-order chi connectivity index (χ0) is 9.14. The van der Waals surface area contributed by atoms with Crippen LogP contribution < -0.4 is 0 Å². The van der Waals surface area contributed by atoms with Crippen molar-refractivity contribution < 1.29 is 9.18 Å². The molecule has 0 fully saturated rings. The molecule has 0 spiro atoms. The van der Waals surface area contributed by atoms with Crippen LogP contribution in [0.15, 0.2) is 18.2 Å². The number of nitriles is 1. The van der Waals surface area contributed by atoms with Gasteiger partial charge in [-0.25, -0.2) is 0 Å². The van der Waals surface area contributed by atoms with E-state index in [4.69, 9.17) is 16.9 Å². The van der Waals surface area contributed by atoms with E-state index in [1.807, 2.05) is 6.07 Å². The molecule has 0 aliphatic rings. The maximum Gasteiger partial charge on any atom is 0.333 e. The number of carbonyl (C=O) groups excluding carboxylic acids is 1. The fourth-order valence-corrected chi connectivity index (χ4v) is 0.999. The van der Waals surface area contributed by atoms with Crippen molar-refractivity contribution in [2.24, 2.45) is 0 Å². The zero-order valence-electron chi connectivity index (χ0n) is 5.84. The Kier molecular flexibility index (Phi) is 2.41. The van der Waals surface area contributed by atoms with Crippen molar-refractivity contribution in [2.75, 3.05) is 0 Å². The minimum Gasteiger partial charge on any atom is -0.255 e. The molecule has 0 bridgehead atoms. The Labute approximate surface area is 73.2 Å². The van der Waals surface area contributed by atoms with Crippen LogP contribution in [0.3, 0.4) is 0 Å². The number of nitrogens with zero attached hydrogens (tertiary/aromatic N) is 1. The van der Waals surface area contributed by atoms with E-state index >= 15 is 0 Å². The van der Waals surface area contributed by atoms with Gasteiger partial charge in [0, 0.05) is 0 Å². The van der Waals surface area contributed by atoms with Gasteiger partial charge in [0.15, 0.2) is 0 Å². The lowest BCUT2D eigenvalue weighted by Crippen LogP contribution is -1.91. The van der Waals surface area contributed by atoms with Crippen molar-refractivity contribution in [3.63, 3.8) is 0 Å². The summed E-state index contributed by atoms with van der Waals surface area (Å²) in [6, 6.07) is 3.98. The molecule has 0 atom stereocenters. The first kappa shape index (κ1) is 8.69. The normalized spacial score (nSPS) is 9.08. The molecule has 0 amide bonds. The van der Waals surface area contributed by atoms with Crippen LogP contribution in [0.2, 0.25) is 5.02 Å². The molecular weight excluding hydrogens is 181 g/mol. The third-order valence-electron chi connectivity index (χ3n) is 1.31. The minimum absolute atomic E-state index is 0.0402. The van der Waals surface area contributed by atoms with Gasteiger partial charge >= 0.3 is 6.04 Å². The van der Waals surface area contributed by atoms with Gasteiger partial charge in [0.1, 0.15) is 0 Å². The summed E-state index contributed by atoms with van der Waals surface area (Å²) in [6.45, 7) is 0. The monoisotopic (exact) mass is 183 g/mol. The fourth-order valence-electron chi connectivity index (χ4n) is 0.744. The zero-order valence-corrected chi connectivity index (χ0v) is 6.60. The van der Waals surface area contributed by atoms with Crippen molar-refractivity contribution in [3.8, 4) is 6.07 Å². The molecule has 0 unspecified atom stereocenters. The van der Waals surface area contributed by atoms with Crippen LogP contribution >= 0.6 is 11.6 Å². The van der Waals surface area contributed by atoms with E-state index in [2.05, 4.69) is 0 Å². The Morgan fingerprint density at radius 1 is 1.58 bits per heavy atom. The molecule has 4 heteroatoms. The lowest BCUT2D eigenvalue weighted by atomic mass is 10.1. The number of rotatable bonds is 1. The van der Waals surface area contributed by atoms with E-state index in [0.717, 1.165) is 0 Å². The Bertz CT molecular complexity index is 370. The molecule has 2 nitrogen and oxygen atoms in total. The summed E-state index contributed by atoms with van der Waals surface area (Å²) in [5.41, 5.74) is 0.0840. The second-order valence-corrected chi connectivity index (χ2v) is 2.49. The molecule has 1 aromatic carbocycles. The van der Waals surface area contributed by atoms with Gasteiger partial charge in [-0.3, -0.25) is 4.79 Å². The van der Waals surface area contributed by atoms with E-state index < -0.39 is 6.04 Å². The minimum atomic E-state index is -1.59. The van der Waals surface area contributed by atoms with Crippen molar-refractivity contribution in [2.45, 2.75) is 0 Å². The van der Waals surface area contributed by atoms with Crippen LogP contribution in [0.4, 0.5) is 4.39 Å². The molecule has 0 saturated heterocycles. The summed E-state index contributed by atoms with van der Waals surface area (Å²) in [5, 5.41) is 8.36. The van der Waals surface area contributed by atoms with E-state index in [1.54, 1.807) is 0 Å².